The first-order chi connectivity index (χ1) is 26.0. The molecule has 2 unspecified atom stereocenters. The number of carbonyl (C=O) groups excluding carboxylic acids is 1. The molecule has 2 saturated carbocycles. The molecule has 2 aliphatic heterocycles. The second kappa shape index (κ2) is 12.3. The van der Waals surface area contributed by atoms with Gasteiger partial charge in [-0.1, -0.05) is 44.2 Å². The van der Waals surface area contributed by atoms with Crippen molar-refractivity contribution < 1.29 is 23.4 Å². The van der Waals surface area contributed by atoms with Crippen LogP contribution < -0.4 is 10.6 Å². The SMILES string of the molecule is COC(O)N[C@H](C(=O)N1CC2(CC2)C[C@H]1c1ncc(-c2ccc3c(c2)C(F)(F)c2cc(-c4ccc5nc(C6N[C@@H]7CC[C@H]6C7)[nH]c5c4)ccc2-3)[nH]1)C(C)C. The van der Waals surface area contributed by atoms with Gasteiger partial charge in [0.15, 0.2) is 0 Å². The molecule has 5 N–H and O–H groups in total. The minimum Gasteiger partial charge on any atom is -0.356 e. The smallest absolute Gasteiger partial charge is 0.299 e. The number of aromatic amines is 2. The van der Waals surface area contributed by atoms with Crippen molar-refractivity contribution in [1.82, 2.24) is 35.5 Å². The molecule has 5 aliphatic rings. The standard InChI is InChI=1S/C42H45F2N7O3/c1-21(2)35(50-40(53)54-3)39(52)51-20-41(12-13-41)18-34(51)37-45-19-33(49-37)24-6-10-28-27-9-5-22(15-29(27)42(43,44)30(28)16-24)23-7-11-31-32(17-23)48-38(47-31)36-25-4-8-26(14-25)46-36/h5-7,9-11,15-17,19,21,25-26,34-36,40,46,50,53H,4,8,12-14,18,20H2,1-3H3,(H,45,49)(H,47,48)/t25-,26+,34-,35-,36?,40?/m0/s1. The number of hydrogen-bond acceptors (Lipinski definition) is 7. The lowest BCUT2D eigenvalue weighted by Gasteiger charge is -2.31. The van der Waals surface area contributed by atoms with E-state index in [0.29, 0.717) is 46.7 Å². The normalized spacial score (nSPS) is 25.5. The van der Waals surface area contributed by atoms with Crippen molar-refractivity contribution in [3.05, 3.63) is 83.6 Å². The van der Waals surface area contributed by atoms with Crippen LogP contribution in [0.5, 0.6) is 0 Å². The Hall–Kier alpha value is -4.49. The molecule has 54 heavy (non-hydrogen) atoms. The predicted molar refractivity (Wildman–Crippen MR) is 200 cm³/mol. The number of aliphatic hydroxyl groups is 1. The molecular formula is C42H45F2N7O3. The summed E-state index contributed by atoms with van der Waals surface area (Å²) in [5.74, 6) is -1.21. The topological polar surface area (TPSA) is 131 Å². The van der Waals surface area contributed by atoms with Crippen molar-refractivity contribution >= 4 is 16.9 Å². The number of H-pyrrole nitrogens is 2. The number of ether oxygens (including phenoxy) is 1. The second-order valence-electron chi connectivity index (χ2n) is 16.7. The monoisotopic (exact) mass is 733 g/mol. The Kier molecular flexibility index (Phi) is 7.73. The summed E-state index contributed by atoms with van der Waals surface area (Å²) in [5.41, 5.74) is 5.67. The number of hydrogen-bond donors (Lipinski definition) is 5. The van der Waals surface area contributed by atoms with Crippen LogP contribution in [0.1, 0.15) is 87.2 Å². The van der Waals surface area contributed by atoms with Gasteiger partial charge in [-0.25, -0.2) is 9.97 Å². The Morgan fingerprint density at radius 2 is 1.70 bits per heavy atom. The highest BCUT2D eigenvalue weighted by Gasteiger charge is 2.55. The van der Waals surface area contributed by atoms with E-state index in [-0.39, 0.29) is 40.5 Å². The largest absolute Gasteiger partial charge is 0.356 e. The third kappa shape index (κ3) is 5.44. The van der Waals surface area contributed by atoms with Gasteiger partial charge in [0.2, 0.25) is 12.3 Å². The van der Waals surface area contributed by atoms with Crippen molar-refractivity contribution in [3.8, 4) is 33.5 Å². The van der Waals surface area contributed by atoms with Crippen LogP contribution in [0.25, 0.3) is 44.5 Å². The molecule has 1 spiro atoms. The zero-order valence-corrected chi connectivity index (χ0v) is 30.6. The number of aromatic nitrogens is 4. The van der Waals surface area contributed by atoms with Crippen molar-refractivity contribution in [2.75, 3.05) is 13.7 Å². The second-order valence-corrected chi connectivity index (χ2v) is 16.7. The lowest BCUT2D eigenvalue weighted by atomic mass is 9.98. The quantitative estimate of drug-likeness (QED) is 0.102. The number of carbonyl (C=O) groups is 1. The van der Waals surface area contributed by atoms with E-state index in [1.807, 2.05) is 55.1 Å². The van der Waals surface area contributed by atoms with E-state index in [9.17, 15) is 9.90 Å². The number of imidazole rings is 2. The van der Waals surface area contributed by atoms with Gasteiger partial charge in [-0.3, -0.25) is 10.1 Å². The number of fused-ring (bicyclic) bond motifs is 6. The fraction of sp³-hybridized carbons (Fsp3) is 0.452. The summed E-state index contributed by atoms with van der Waals surface area (Å²) in [6.45, 7) is 4.47. The van der Waals surface area contributed by atoms with Gasteiger partial charge in [0.1, 0.15) is 11.6 Å². The molecule has 280 valence electrons. The minimum atomic E-state index is -3.20. The number of rotatable bonds is 9. The summed E-state index contributed by atoms with van der Waals surface area (Å²) in [6, 6.07) is 16.4. The highest BCUT2D eigenvalue weighted by atomic mass is 19.3. The van der Waals surface area contributed by atoms with Crippen LogP contribution in [0.15, 0.2) is 60.8 Å². The molecule has 2 saturated heterocycles. The summed E-state index contributed by atoms with van der Waals surface area (Å²) >= 11 is 0. The highest BCUT2D eigenvalue weighted by molar-refractivity contribution is 5.87. The number of alkyl halides is 2. The lowest BCUT2D eigenvalue weighted by molar-refractivity contribution is -0.145. The van der Waals surface area contributed by atoms with Crippen LogP contribution >= 0.6 is 0 Å². The van der Waals surface area contributed by atoms with Gasteiger partial charge in [0, 0.05) is 36.4 Å². The van der Waals surface area contributed by atoms with Crippen LogP contribution in [-0.2, 0) is 15.5 Å². The van der Waals surface area contributed by atoms with Crippen LogP contribution in [0.4, 0.5) is 8.78 Å². The van der Waals surface area contributed by atoms with E-state index in [1.54, 1.807) is 24.4 Å². The number of methoxy groups -OCH3 is 1. The fourth-order valence-corrected chi connectivity index (χ4v) is 9.76. The van der Waals surface area contributed by atoms with E-state index < -0.39 is 18.4 Å². The van der Waals surface area contributed by atoms with Gasteiger partial charge in [0.05, 0.1) is 41.0 Å². The Balaban J connectivity index is 0.913. The first-order valence-electron chi connectivity index (χ1n) is 19.3. The van der Waals surface area contributed by atoms with Gasteiger partial charge in [-0.15, -0.1) is 0 Å². The number of nitrogens with one attached hydrogen (secondary N) is 4. The Bertz CT molecular complexity index is 2300. The summed E-state index contributed by atoms with van der Waals surface area (Å²) in [6.07, 6.45) is 6.92. The van der Waals surface area contributed by atoms with Gasteiger partial charge >= 0.3 is 0 Å². The third-order valence-corrected chi connectivity index (χ3v) is 12.9. The van der Waals surface area contributed by atoms with Crippen molar-refractivity contribution in [3.63, 3.8) is 0 Å². The van der Waals surface area contributed by atoms with E-state index >= 15 is 8.78 Å². The molecule has 1 amide bonds. The van der Waals surface area contributed by atoms with E-state index in [4.69, 9.17) is 14.7 Å². The number of piperidine rings is 1. The molecule has 12 heteroatoms. The lowest BCUT2D eigenvalue weighted by Crippen LogP contribution is -2.53. The van der Waals surface area contributed by atoms with E-state index in [2.05, 4.69) is 20.6 Å². The summed E-state index contributed by atoms with van der Waals surface area (Å²) in [4.78, 5) is 32.3. The zero-order valence-electron chi connectivity index (χ0n) is 30.6. The number of nitrogens with zero attached hydrogens (tertiary/aromatic N) is 3. The molecule has 10 rings (SSSR count). The fourth-order valence-electron chi connectivity index (χ4n) is 9.76. The average molecular weight is 734 g/mol. The zero-order chi connectivity index (χ0) is 37.1. The van der Waals surface area contributed by atoms with Crippen LogP contribution in [0.2, 0.25) is 0 Å². The number of benzene rings is 3. The number of amides is 1. The van der Waals surface area contributed by atoms with E-state index in [1.165, 1.54) is 26.4 Å². The molecular weight excluding hydrogens is 689 g/mol. The van der Waals surface area contributed by atoms with Gasteiger partial charge in [-0.2, -0.15) is 8.78 Å². The summed E-state index contributed by atoms with van der Waals surface area (Å²) in [7, 11) is 1.38. The van der Waals surface area contributed by atoms with Crippen LogP contribution in [0, 0.1) is 17.3 Å². The third-order valence-electron chi connectivity index (χ3n) is 12.9. The van der Waals surface area contributed by atoms with Gasteiger partial charge < -0.3 is 30.0 Å². The maximum absolute atomic E-state index is 16.4. The minimum absolute atomic E-state index is 0.00391. The average Bonchev–Trinajstić information content (AvgIpc) is 3.83. The number of likely N-dealkylation sites (tertiary alicyclic amines) is 1. The molecule has 2 aromatic heterocycles. The van der Waals surface area contributed by atoms with Crippen LogP contribution in [0.3, 0.4) is 0 Å². The molecule has 10 nitrogen and oxygen atoms in total. The summed E-state index contributed by atoms with van der Waals surface area (Å²) in [5, 5.41) is 16.7. The van der Waals surface area contributed by atoms with E-state index in [0.717, 1.165) is 47.2 Å². The molecule has 0 radical (unpaired) electrons. The molecule has 6 atom stereocenters. The highest BCUT2D eigenvalue weighted by Crippen LogP contribution is 2.59. The first kappa shape index (κ1) is 34.0. The van der Waals surface area contributed by atoms with Gasteiger partial charge in [-0.05, 0) is 102 Å². The Labute approximate surface area is 312 Å². The molecule has 3 aliphatic carbocycles. The maximum atomic E-state index is 16.4. The van der Waals surface area contributed by atoms with Crippen molar-refractivity contribution in [1.29, 1.82) is 0 Å². The van der Waals surface area contributed by atoms with Gasteiger partial charge in [0.25, 0.3) is 5.92 Å². The summed E-state index contributed by atoms with van der Waals surface area (Å²) < 4.78 is 37.9. The number of aliphatic hydroxyl groups excluding tert-OH is 1. The molecule has 2 bridgehead atoms. The van der Waals surface area contributed by atoms with Crippen LogP contribution in [-0.4, -0.2) is 68.0 Å². The Morgan fingerprint density at radius 3 is 2.39 bits per heavy atom. The molecule has 5 aromatic rings. The maximum Gasteiger partial charge on any atom is 0.299 e. The Morgan fingerprint density at radius 1 is 0.981 bits per heavy atom. The molecule has 4 fully saturated rings. The first-order valence-corrected chi connectivity index (χ1v) is 19.3. The predicted octanol–water partition coefficient (Wildman–Crippen LogP) is 7.14. The number of halogens is 2. The molecule has 3 aromatic carbocycles. The van der Waals surface area contributed by atoms with Crippen molar-refractivity contribution in [2.24, 2.45) is 17.3 Å². The molecule has 4 heterocycles. The van der Waals surface area contributed by atoms with Crippen molar-refractivity contribution in [2.45, 2.75) is 88.9 Å².